The summed E-state index contributed by atoms with van der Waals surface area (Å²) >= 11 is 0. The van der Waals surface area contributed by atoms with Crippen LogP contribution >= 0.6 is 0 Å². The molecule has 0 aromatic heterocycles. The molecule has 1 N–H and O–H groups in total. The van der Waals surface area contributed by atoms with E-state index >= 15 is 0 Å². The highest BCUT2D eigenvalue weighted by molar-refractivity contribution is 5.33. The van der Waals surface area contributed by atoms with Gasteiger partial charge in [0.05, 0.1) is 5.56 Å². The fraction of sp³-hybridized carbons (Fsp3) is 0.280. The molecular weight excluding hydrogens is 409 g/mol. The van der Waals surface area contributed by atoms with Crippen LogP contribution in [-0.4, -0.2) is 12.6 Å². The molecule has 0 saturated heterocycles. The lowest BCUT2D eigenvalue weighted by molar-refractivity contribution is -0.137. The first-order chi connectivity index (χ1) is 14.7. The quantitative estimate of drug-likeness (QED) is 0.389. The van der Waals surface area contributed by atoms with Crippen LogP contribution in [0.5, 0.6) is 0 Å². The van der Waals surface area contributed by atoms with Crippen molar-refractivity contribution in [1.82, 2.24) is 5.32 Å². The molecule has 0 aliphatic carbocycles. The molecule has 0 fully saturated rings. The fourth-order valence-corrected chi connectivity index (χ4v) is 3.69. The molecule has 6 heteroatoms. The van der Waals surface area contributed by atoms with E-state index in [4.69, 9.17) is 0 Å². The van der Waals surface area contributed by atoms with Crippen molar-refractivity contribution in [3.63, 3.8) is 0 Å². The van der Waals surface area contributed by atoms with Crippen LogP contribution in [0.2, 0.25) is 0 Å². The SMILES string of the molecule is CC(Cc1cccc(C(F)(F)F)c1)NCCC(c1ccc(F)cc1)c1ccc(F)cc1. The Morgan fingerprint density at radius 1 is 0.806 bits per heavy atom. The number of rotatable bonds is 8. The maximum Gasteiger partial charge on any atom is 0.416 e. The molecule has 3 aromatic carbocycles. The van der Waals surface area contributed by atoms with Crippen LogP contribution in [0.3, 0.4) is 0 Å². The molecule has 3 aromatic rings. The molecule has 3 rings (SSSR count). The van der Waals surface area contributed by atoms with Crippen molar-refractivity contribution in [1.29, 1.82) is 0 Å². The summed E-state index contributed by atoms with van der Waals surface area (Å²) in [4.78, 5) is 0. The zero-order valence-corrected chi connectivity index (χ0v) is 17.1. The first kappa shape index (κ1) is 22.9. The first-order valence-corrected chi connectivity index (χ1v) is 10.1. The predicted octanol–water partition coefficient (Wildman–Crippen LogP) is 6.73. The molecule has 0 heterocycles. The van der Waals surface area contributed by atoms with Gasteiger partial charge in [-0.05, 0) is 73.3 Å². The van der Waals surface area contributed by atoms with E-state index in [0.717, 1.165) is 17.2 Å². The van der Waals surface area contributed by atoms with E-state index in [1.165, 1.54) is 36.4 Å². The molecule has 1 unspecified atom stereocenters. The standard InChI is InChI=1S/C25H24F5N/c1-17(15-18-3-2-4-21(16-18)25(28,29)30)31-14-13-24(19-5-9-22(26)10-6-19)20-7-11-23(27)12-8-20/h2-12,16-17,24,31H,13-15H2,1H3. The molecule has 0 radical (unpaired) electrons. The summed E-state index contributed by atoms with van der Waals surface area (Å²) in [6, 6.07) is 17.8. The van der Waals surface area contributed by atoms with Gasteiger partial charge >= 0.3 is 6.18 Å². The highest BCUT2D eigenvalue weighted by atomic mass is 19.4. The Kier molecular flexibility index (Phi) is 7.44. The van der Waals surface area contributed by atoms with Crippen LogP contribution in [-0.2, 0) is 12.6 Å². The summed E-state index contributed by atoms with van der Waals surface area (Å²) in [6.45, 7) is 2.52. The maximum atomic E-state index is 13.3. The summed E-state index contributed by atoms with van der Waals surface area (Å²) in [5, 5.41) is 3.35. The molecule has 0 bridgehead atoms. The van der Waals surface area contributed by atoms with Crippen molar-refractivity contribution >= 4 is 0 Å². The Labute approximate surface area is 178 Å². The molecule has 1 atom stereocenters. The van der Waals surface area contributed by atoms with Gasteiger partial charge in [-0.1, -0.05) is 42.5 Å². The molecule has 0 aliphatic heterocycles. The van der Waals surface area contributed by atoms with E-state index in [9.17, 15) is 22.0 Å². The molecule has 0 saturated carbocycles. The minimum absolute atomic E-state index is 0.0365. The van der Waals surface area contributed by atoms with E-state index in [1.54, 1.807) is 30.3 Å². The van der Waals surface area contributed by atoms with Crippen molar-refractivity contribution in [2.24, 2.45) is 0 Å². The van der Waals surface area contributed by atoms with Crippen LogP contribution in [0.25, 0.3) is 0 Å². The number of halogens is 5. The van der Waals surface area contributed by atoms with Gasteiger partial charge in [0, 0.05) is 12.0 Å². The van der Waals surface area contributed by atoms with Crippen molar-refractivity contribution in [3.05, 3.63) is 107 Å². The lowest BCUT2D eigenvalue weighted by atomic mass is 9.88. The van der Waals surface area contributed by atoms with Crippen molar-refractivity contribution in [3.8, 4) is 0 Å². The second kappa shape index (κ2) is 10.1. The zero-order valence-electron chi connectivity index (χ0n) is 17.1. The number of alkyl halides is 3. The van der Waals surface area contributed by atoms with Crippen LogP contribution in [0.4, 0.5) is 22.0 Å². The third-order valence-corrected chi connectivity index (χ3v) is 5.27. The second-order valence-electron chi connectivity index (χ2n) is 7.70. The van der Waals surface area contributed by atoms with Gasteiger partial charge in [-0.25, -0.2) is 8.78 Å². The highest BCUT2D eigenvalue weighted by Gasteiger charge is 2.30. The van der Waals surface area contributed by atoms with Crippen molar-refractivity contribution in [2.75, 3.05) is 6.54 Å². The van der Waals surface area contributed by atoms with Gasteiger partial charge in [0.25, 0.3) is 0 Å². The number of hydrogen-bond donors (Lipinski definition) is 1. The molecular formula is C25H24F5N. The van der Waals surface area contributed by atoms with Crippen molar-refractivity contribution in [2.45, 2.75) is 37.9 Å². The molecule has 0 spiro atoms. The second-order valence-corrected chi connectivity index (χ2v) is 7.70. The number of benzene rings is 3. The summed E-state index contributed by atoms with van der Waals surface area (Å²) in [5.41, 5.74) is 1.80. The normalized spacial score (nSPS) is 12.9. The predicted molar refractivity (Wildman–Crippen MR) is 112 cm³/mol. The number of hydrogen-bond acceptors (Lipinski definition) is 1. The average molecular weight is 433 g/mol. The molecule has 0 amide bonds. The Balaban J connectivity index is 1.64. The Bertz CT molecular complexity index is 919. The highest BCUT2D eigenvalue weighted by Crippen LogP contribution is 2.30. The summed E-state index contributed by atoms with van der Waals surface area (Å²) < 4.78 is 65.4. The summed E-state index contributed by atoms with van der Waals surface area (Å²) in [6.07, 6.45) is -3.23. The minimum Gasteiger partial charge on any atom is -0.314 e. The Morgan fingerprint density at radius 3 is 1.87 bits per heavy atom. The lowest BCUT2D eigenvalue weighted by Crippen LogP contribution is -2.30. The molecule has 164 valence electrons. The van der Waals surface area contributed by atoms with Gasteiger partial charge in [-0.3, -0.25) is 0 Å². The monoisotopic (exact) mass is 433 g/mol. The Morgan fingerprint density at radius 2 is 1.35 bits per heavy atom. The van der Waals surface area contributed by atoms with Gasteiger partial charge in [-0.2, -0.15) is 13.2 Å². The topological polar surface area (TPSA) is 12.0 Å². The molecule has 1 nitrogen and oxygen atoms in total. The zero-order chi connectivity index (χ0) is 22.4. The lowest BCUT2D eigenvalue weighted by Gasteiger charge is -2.21. The van der Waals surface area contributed by atoms with Gasteiger partial charge in [-0.15, -0.1) is 0 Å². The number of nitrogens with one attached hydrogen (secondary N) is 1. The van der Waals surface area contributed by atoms with Gasteiger partial charge in [0.1, 0.15) is 11.6 Å². The molecule has 31 heavy (non-hydrogen) atoms. The summed E-state index contributed by atoms with van der Waals surface area (Å²) in [7, 11) is 0. The molecule has 0 aliphatic rings. The maximum absolute atomic E-state index is 13.3. The van der Waals surface area contributed by atoms with Crippen LogP contribution in [0.15, 0.2) is 72.8 Å². The van der Waals surface area contributed by atoms with E-state index < -0.39 is 11.7 Å². The first-order valence-electron chi connectivity index (χ1n) is 10.1. The third-order valence-electron chi connectivity index (χ3n) is 5.27. The average Bonchev–Trinajstić information content (AvgIpc) is 2.72. The van der Waals surface area contributed by atoms with Gasteiger partial charge < -0.3 is 5.32 Å². The van der Waals surface area contributed by atoms with Crippen LogP contribution in [0, 0.1) is 11.6 Å². The van der Waals surface area contributed by atoms with Crippen molar-refractivity contribution < 1.29 is 22.0 Å². The minimum atomic E-state index is -4.36. The van der Waals surface area contributed by atoms with E-state index in [2.05, 4.69) is 5.32 Å². The van der Waals surface area contributed by atoms with Crippen LogP contribution < -0.4 is 5.32 Å². The third kappa shape index (κ3) is 6.62. The largest absolute Gasteiger partial charge is 0.416 e. The smallest absolute Gasteiger partial charge is 0.314 e. The van der Waals surface area contributed by atoms with E-state index in [0.29, 0.717) is 24.9 Å². The van der Waals surface area contributed by atoms with Crippen LogP contribution in [0.1, 0.15) is 41.5 Å². The summed E-state index contributed by atoms with van der Waals surface area (Å²) in [5.74, 6) is -0.710. The van der Waals surface area contributed by atoms with Gasteiger partial charge in [0.15, 0.2) is 0 Å². The van der Waals surface area contributed by atoms with E-state index in [1.807, 2.05) is 6.92 Å². The van der Waals surface area contributed by atoms with E-state index in [-0.39, 0.29) is 23.6 Å². The fourth-order valence-electron chi connectivity index (χ4n) is 3.69. The Hall–Kier alpha value is -2.73. The van der Waals surface area contributed by atoms with Gasteiger partial charge in [0.2, 0.25) is 0 Å².